The Labute approximate surface area is 387 Å². The number of cyclic esters (lactones) is 1. The molecule has 0 spiro atoms. The van der Waals surface area contributed by atoms with Crippen molar-refractivity contribution in [1.29, 1.82) is 0 Å². The summed E-state index contributed by atoms with van der Waals surface area (Å²) in [6.07, 6.45) is 11.2. The molecule has 3 fully saturated rings. The Hall–Kier alpha value is -3.37. The highest BCUT2D eigenvalue weighted by Gasteiger charge is 2.53. The molecular formula is C51H79NO13. The number of allylic oxidation sites excluding steroid dienone is 6. The van der Waals surface area contributed by atoms with Crippen molar-refractivity contribution in [3.8, 4) is 0 Å². The Kier molecular flexibility index (Phi) is 21.0. The van der Waals surface area contributed by atoms with Crippen LogP contribution in [0.2, 0.25) is 0 Å². The number of methoxy groups -OCH3 is 3. The molecular weight excluding hydrogens is 835 g/mol. The molecule has 14 heteroatoms. The summed E-state index contributed by atoms with van der Waals surface area (Å²) >= 11 is 0. The van der Waals surface area contributed by atoms with Gasteiger partial charge in [-0.1, -0.05) is 71.1 Å². The van der Waals surface area contributed by atoms with E-state index in [4.69, 9.17) is 23.7 Å². The Morgan fingerprint density at radius 1 is 0.846 bits per heavy atom. The number of nitrogens with zero attached hydrogens (tertiary/aromatic N) is 1. The number of fused-ring (bicyclic) bond motifs is 3. The third-order valence-electron chi connectivity index (χ3n) is 14.5. The van der Waals surface area contributed by atoms with Crippen LogP contribution in [-0.4, -0.2) is 132 Å². The number of hydrogen-bond acceptors (Lipinski definition) is 13. The second-order valence-corrected chi connectivity index (χ2v) is 19.6. The van der Waals surface area contributed by atoms with Crippen molar-refractivity contribution in [3.63, 3.8) is 0 Å². The van der Waals surface area contributed by atoms with Gasteiger partial charge < -0.3 is 43.9 Å². The molecule has 6 unspecified atom stereocenters. The maximum atomic E-state index is 14.4. The number of hydrogen-bond donors (Lipinski definition) is 3. The van der Waals surface area contributed by atoms with E-state index in [-0.39, 0.29) is 54.8 Å². The molecule has 15 atom stereocenters. The highest BCUT2D eigenvalue weighted by Crippen LogP contribution is 2.38. The summed E-state index contributed by atoms with van der Waals surface area (Å²) in [4.78, 5) is 71.8. The first kappa shape index (κ1) is 54.2. The number of esters is 1. The maximum absolute atomic E-state index is 14.4. The summed E-state index contributed by atoms with van der Waals surface area (Å²) < 4.78 is 29.4. The van der Waals surface area contributed by atoms with Crippen molar-refractivity contribution in [1.82, 2.24) is 4.90 Å². The van der Waals surface area contributed by atoms with Gasteiger partial charge in [0, 0.05) is 58.5 Å². The number of carbonyl (C=O) groups is 5. The van der Waals surface area contributed by atoms with E-state index in [2.05, 4.69) is 0 Å². The van der Waals surface area contributed by atoms with Crippen molar-refractivity contribution < 1.29 is 63.0 Å². The van der Waals surface area contributed by atoms with Gasteiger partial charge in [-0.3, -0.25) is 19.2 Å². The molecule has 366 valence electrons. The Bertz CT molecular complexity index is 1760. The number of aliphatic hydroxyl groups is 3. The summed E-state index contributed by atoms with van der Waals surface area (Å²) in [6, 6.07) is -1.14. The molecule has 4 rings (SSSR count). The Balaban J connectivity index is 1.70. The van der Waals surface area contributed by atoms with Gasteiger partial charge >= 0.3 is 5.97 Å². The van der Waals surface area contributed by atoms with Gasteiger partial charge in [0.2, 0.25) is 5.79 Å². The van der Waals surface area contributed by atoms with Gasteiger partial charge in [0.05, 0.1) is 24.4 Å². The fourth-order valence-corrected chi connectivity index (χ4v) is 10.1. The number of amides is 1. The number of aliphatic hydroxyl groups excluding tert-OH is 2. The smallest absolute Gasteiger partial charge is 0.329 e. The van der Waals surface area contributed by atoms with E-state index in [1.165, 1.54) is 12.0 Å². The van der Waals surface area contributed by atoms with Gasteiger partial charge in [0.1, 0.15) is 30.1 Å². The Morgan fingerprint density at radius 2 is 1.57 bits per heavy atom. The number of Topliss-reactive ketones (excluding diaryl/α,β-unsaturated/α-hetero) is 3. The van der Waals surface area contributed by atoms with Gasteiger partial charge in [-0.2, -0.15) is 0 Å². The fraction of sp³-hybridized carbons (Fsp3) is 0.745. The van der Waals surface area contributed by atoms with Gasteiger partial charge in [-0.25, -0.2) is 4.79 Å². The highest BCUT2D eigenvalue weighted by atomic mass is 16.6. The van der Waals surface area contributed by atoms with Crippen molar-refractivity contribution in [2.75, 3.05) is 27.9 Å². The molecule has 1 saturated carbocycles. The zero-order valence-corrected chi connectivity index (χ0v) is 40.6. The minimum atomic E-state index is -2.43. The molecule has 0 radical (unpaired) electrons. The minimum Gasteiger partial charge on any atom is -0.460 e. The van der Waals surface area contributed by atoms with Crippen molar-refractivity contribution in [3.05, 3.63) is 47.6 Å². The second kappa shape index (κ2) is 25.1. The lowest BCUT2D eigenvalue weighted by Gasteiger charge is -2.42. The van der Waals surface area contributed by atoms with Crippen LogP contribution < -0.4 is 0 Å². The average molecular weight is 914 g/mol. The fourth-order valence-electron chi connectivity index (χ4n) is 10.1. The second-order valence-electron chi connectivity index (χ2n) is 19.6. The van der Waals surface area contributed by atoms with E-state index in [0.717, 1.165) is 12.0 Å². The summed E-state index contributed by atoms with van der Waals surface area (Å²) in [5.41, 5.74) is 1.27. The molecule has 65 heavy (non-hydrogen) atoms. The van der Waals surface area contributed by atoms with Crippen LogP contribution in [0.3, 0.4) is 0 Å². The van der Waals surface area contributed by atoms with Gasteiger partial charge in [0.15, 0.2) is 5.78 Å². The molecule has 14 nitrogen and oxygen atoms in total. The predicted molar refractivity (Wildman–Crippen MR) is 245 cm³/mol. The zero-order chi connectivity index (χ0) is 48.2. The van der Waals surface area contributed by atoms with Crippen LogP contribution in [0.25, 0.3) is 0 Å². The van der Waals surface area contributed by atoms with Gasteiger partial charge in [0.25, 0.3) is 11.7 Å². The quantitative estimate of drug-likeness (QED) is 0.156. The lowest BCUT2D eigenvalue weighted by atomic mass is 9.78. The van der Waals surface area contributed by atoms with E-state index in [1.807, 2.05) is 58.1 Å². The number of rotatable bonds is 6. The van der Waals surface area contributed by atoms with E-state index in [9.17, 15) is 39.3 Å². The third kappa shape index (κ3) is 14.3. The number of carbonyl (C=O) groups excluding carboxylic acids is 5. The summed E-state index contributed by atoms with van der Waals surface area (Å²) in [5.74, 6) is -7.96. The zero-order valence-electron chi connectivity index (χ0n) is 40.6. The SMILES string of the molecule is COC1CC(C[C@@H](C)[C@@H]2CC(=O)[C@H](C)/C=C(\C)[C@@H](O)C(OC)C(=O)C(C)C[C@H](C)/C=C/C=C/C=C(\C)[C@@H](OC)CC3CC[C@@H](C)[C@@](O)(O3)C(=O)C(=O)N3CCCCC3C(=O)O2)CC[C@H]1O. The van der Waals surface area contributed by atoms with Gasteiger partial charge in [-0.05, 0) is 107 Å². The maximum Gasteiger partial charge on any atom is 0.329 e. The molecule has 0 aromatic heterocycles. The summed E-state index contributed by atoms with van der Waals surface area (Å²) in [6.45, 7) is 12.7. The van der Waals surface area contributed by atoms with E-state index in [1.54, 1.807) is 41.1 Å². The predicted octanol–water partition coefficient (Wildman–Crippen LogP) is 6.18. The molecule has 4 aliphatic rings. The first-order valence-electron chi connectivity index (χ1n) is 23.9. The molecule has 1 aliphatic carbocycles. The molecule has 2 bridgehead atoms. The minimum absolute atomic E-state index is 0.0193. The molecule has 0 aromatic rings. The summed E-state index contributed by atoms with van der Waals surface area (Å²) in [7, 11) is 4.52. The standard InChI is InChI=1S/C51H79NO13/c1-30-16-12-11-13-17-31(2)42(61-8)28-38-21-19-36(7)51(60,65-38)48(57)49(58)52-23-15-14-18-39(52)50(59)64-43(33(4)26-37-20-22-40(53)44(27-37)62-9)29-41(54)32(3)25-35(6)46(56)47(63-10)45(55)34(5)24-30/h11-13,16-17,25,30,32-34,36-40,42-44,46-47,53,56,60H,14-15,18-24,26-29H2,1-10H3/b13-11+,16-12+,31-17+,35-25+/t30-,32-,33-,34?,36-,37?,38?,39?,40-,42+,43+,44?,46-,47?,51-/m1/s1. The van der Waals surface area contributed by atoms with Crippen LogP contribution in [0.4, 0.5) is 0 Å². The molecule has 0 aromatic carbocycles. The Morgan fingerprint density at radius 3 is 2.25 bits per heavy atom. The number of ketones is 3. The van der Waals surface area contributed by atoms with Crippen LogP contribution in [-0.2, 0) is 47.7 Å². The van der Waals surface area contributed by atoms with Gasteiger partial charge in [-0.15, -0.1) is 0 Å². The number of piperidine rings is 1. The van der Waals surface area contributed by atoms with Crippen LogP contribution in [0.15, 0.2) is 47.6 Å². The third-order valence-corrected chi connectivity index (χ3v) is 14.5. The van der Waals surface area contributed by atoms with Crippen LogP contribution >= 0.6 is 0 Å². The number of ether oxygens (including phenoxy) is 5. The van der Waals surface area contributed by atoms with Crippen molar-refractivity contribution >= 4 is 29.2 Å². The molecule has 3 aliphatic heterocycles. The van der Waals surface area contributed by atoms with Crippen molar-refractivity contribution in [2.24, 2.45) is 35.5 Å². The average Bonchev–Trinajstić information content (AvgIpc) is 3.28. The lowest BCUT2D eigenvalue weighted by Crippen LogP contribution is -2.61. The molecule has 3 heterocycles. The van der Waals surface area contributed by atoms with E-state index < -0.39 is 83.9 Å². The highest BCUT2D eigenvalue weighted by molar-refractivity contribution is 6.39. The summed E-state index contributed by atoms with van der Waals surface area (Å²) in [5, 5.41) is 33.8. The molecule has 1 amide bonds. The monoisotopic (exact) mass is 914 g/mol. The molecule has 2 saturated heterocycles. The first-order valence-corrected chi connectivity index (χ1v) is 23.9. The largest absolute Gasteiger partial charge is 0.460 e. The lowest BCUT2D eigenvalue weighted by molar-refractivity contribution is -0.265. The molecule has 3 N–H and O–H groups in total. The van der Waals surface area contributed by atoms with Crippen LogP contribution in [0.5, 0.6) is 0 Å². The normalized spacial score (nSPS) is 40.4. The first-order chi connectivity index (χ1) is 30.7. The van der Waals surface area contributed by atoms with Crippen LogP contribution in [0.1, 0.15) is 126 Å². The van der Waals surface area contributed by atoms with Crippen molar-refractivity contribution in [2.45, 2.75) is 180 Å². The topological polar surface area (TPSA) is 195 Å². The van der Waals surface area contributed by atoms with E-state index in [0.29, 0.717) is 63.4 Å². The van der Waals surface area contributed by atoms with Crippen LogP contribution in [0, 0.1) is 35.5 Å². The van der Waals surface area contributed by atoms with E-state index >= 15 is 0 Å².